The predicted molar refractivity (Wildman–Crippen MR) is 87.1 cm³/mol. The van der Waals surface area contributed by atoms with Gasteiger partial charge >= 0.3 is 0 Å². The molecule has 1 amide bonds. The van der Waals surface area contributed by atoms with Crippen molar-refractivity contribution in [2.24, 2.45) is 0 Å². The average molecular weight is 355 g/mol. The number of carbonyl (C=O) groups excluding carboxylic acids is 1. The highest BCUT2D eigenvalue weighted by atomic mass is 32.2. The van der Waals surface area contributed by atoms with Crippen LogP contribution in [0.4, 0.5) is 5.69 Å². The van der Waals surface area contributed by atoms with Crippen molar-refractivity contribution in [3.8, 4) is 0 Å². The van der Waals surface area contributed by atoms with Gasteiger partial charge in [0.25, 0.3) is 10.0 Å². The molecule has 1 aromatic rings. The van der Waals surface area contributed by atoms with E-state index in [0.29, 0.717) is 25.3 Å². The van der Waals surface area contributed by atoms with E-state index in [1.165, 1.54) is 17.0 Å². The van der Waals surface area contributed by atoms with Gasteiger partial charge in [0.15, 0.2) is 0 Å². The van der Waals surface area contributed by atoms with Crippen LogP contribution in [0.1, 0.15) is 5.56 Å². The van der Waals surface area contributed by atoms with Gasteiger partial charge in [0.05, 0.1) is 31.1 Å². The summed E-state index contributed by atoms with van der Waals surface area (Å²) < 4.78 is 29.8. The number of rotatable bonds is 6. The summed E-state index contributed by atoms with van der Waals surface area (Å²) in [5.74, 6) is -0.0470. The Bertz CT molecular complexity index is 716. The topological polar surface area (TPSA) is 88.2 Å². The van der Waals surface area contributed by atoms with Crippen LogP contribution in [-0.2, 0) is 30.8 Å². The second-order valence-corrected chi connectivity index (χ2v) is 7.45. The molecule has 24 heavy (non-hydrogen) atoms. The standard InChI is InChI=1S/C15H21N3O5S/c1-17-14-3-2-13(10-12(14)11-15(17)19)24(20,21)16-23-9-6-18-4-7-22-8-5-18/h2-3,10,16H,4-9,11H2,1H3. The van der Waals surface area contributed by atoms with E-state index in [1.807, 2.05) is 0 Å². The molecule has 0 radical (unpaired) electrons. The van der Waals surface area contributed by atoms with E-state index < -0.39 is 10.0 Å². The molecule has 1 saturated heterocycles. The number of hydrogen-bond donors (Lipinski definition) is 1. The zero-order valence-corrected chi connectivity index (χ0v) is 14.3. The van der Waals surface area contributed by atoms with Gasteiger partial charge in [0.2, 0.25) is 5.91 Å². The van der Waals surface area contributed by atoms with Crippen molar-refractivity contribution in [1.82, 2.24) is 9.79 Å². The van der Waals surface area contributed by atoms with Crippen LogP contribution >= 0.6 is 0 Å². The van der Waals surface area contributed by atoms with Crippen molar-refractivity contribution in [2.75, 3.05) is 51.4 Å². The van der Waals surface area contributed by atoms with E-state index in [9.17, 15) is 13.2 Å². The maximum Gasteiger partial charge on any atom is 0.262 e. The quantitative estimate of drug-likeness (QED) is 0.559. The van der Waals surface area contributed by atoms with Crippen LogP contribution in [0.25, 0.3) is 0 Å². The first kappa shape index (κ1) is 17.3. The van der Waals surface area contributed by atoms with Gasteiger partial charge < -0.3 is 9.64 Å². The summed E-state index contributed by atoms with van der Waals surface area (Å²) in [4.78, 5) is 22.7. The van der Waals surface area contributed by atoms with E-state index in [2.05, 4.69) is 9.79 Å². The van der Waals surface area contributed by atoms with E-state index in [0.717, 1.165) is 18.8 Å². The second kappa shape index (κ2) is 7.16. The predicted octanol–water partition coefficient (Wildman–Crippen LogP) is -0.252. The summed E-state index contributed by atoms with van der Waals surface area (Å²) in [6.07, 6.45) is 0.215. The minimum Gasteiger partial charge on any atom is -0.379 e. The molecule has 0 aromatic heterocycles. The number of hydrogen-bond acceptors (Lipinski definition) is 6. The first-order chi connectivity index (χ1) is 11.5. The number of anilines is 1. The normalized spacial score (nSPS) is 18.9. The fraction of sp³-hybridized carbons (Fsp3) is 0.533. The summed E-state index contributed by atoms with van der Waals surface area (Å²) in [6.45, 7) is 3.91. The highest BCUT2D eigenvalue weighted by Gasteiger charge is 2.26. The number of sulfonamides is 1. The van der Waals surface area contributed by atoms with Crippen molar-refractivity contribution in [2.45, 2.75) is 11.3 Å². The molecule has 0 bridgehead atoms. The van der Waals surface area contributed by atoms with Crippen LogP contribution < -0.4 is 9.79 Å². The smallest absolute Gasteiger partial charge is 0.262 e. The Morgan fingerprint density at radius 2 is 2.04 bits per heavy atom. The summed E-state index contributed by atoms with van der Waals surface area (Å²) in [6, 6.07) is 4.63. The SMILES string of the molecule is CN1C(=O)Cc2cc(S(=O)(=O)NOCCN3CCOCC3)ccc21. The lowest BCUT2D eigenvalue weighted by atomic mass is 10.2. The largest absolute Gasteiger partial charge is 0.379 e. The van der Waals surface area contributed by atoms with Crippen molar-refractivity contribution in [3.05, 3.63) is 23.8 Å². The Morgan fingerprint density at radius 3 is 2.79 bits per heavy atom. The molecule has 0 saturated carbocycles. The molecule has 1 fully saturated rings. The van der Waals surface area contributed by atoms with E-state index >= 15 is 0 Å². The van der Waals surface area contributed by atoms with Crippen molar-refractivity contribution in [3.63, 3.8) is 0 Å². The minimum absolute atomic E-state index is 0.0470. The maximum atomic E-state index is 12.3. The van der Waals surface area contributed by atoms with Crippen LogP contribution in [-0.4, -0.2) is 65.7 Å². The number of benzene rings is 1. The van der Waals surface area contributed by atoms with Gasteiger partial charge in [-0.2, -0.15) is 0 Å². The number of likely N-dealkylation sites (N-methyl/N-ethyl adjacent to an activating group) is 1. The van der Waals surface area contributed by atoms with Crippen LogP contribution in [0.3, 0.4) is 0 Å². The monoisotopic (exact) mass is 355 g/mol. The number of ether oxygens (including phenoxy) is 1. The Labute approximate surface area is 141 Å². The van der Waals surface area contributed by atoms with Crippen LogP contribution in [0.15, 0.2) is 23.1 Å². The fourth-order valence-corrected chi connectivity index (χ4v) is 3.66. The van der Waals surface area contributed by atoms with Gasteiger partial charge in [-0.1, -0.05) is 4.89 Å². The number of nitrogens with zero attached hydrogens (tertiary/aromatic N) is 2. The number of amides is 1. The second-order valence-electron chi connectivity index (χ2n) is 5.81. The highest BCUT2D eigenvalue weighted by Crippen LogP contribution is 2.29. The molecule has 0 atom stereocenters. The van der Waals surface area contributed by atoms with Crippen molar-refractivity contribution < 1.29 is 22.8 Å². The van der Waals surface area contributed by atoms with Crippen LogP contribution in [0.5, 0.6) is 0 Å². The van der Waals surface area contributed by atoms with Crippen LogP contribution in [0, 0.1) is 0 Å². The lowest BCUT2D eigenvalue weighted by molar-refractivity contribution is -0.117. The molecule has 0 unspecified atom stereocenters. The average Bonchev–Trinajstić information content (AvgIpc) is 2.87. The summed E-state index contributed by atoms with van der Waals surface area (Å²) in [5.41, 5.74) is 1.45. The fourth-order valence-electron chi connectivity index (χ4n) is 2.78. The minimum atomic E-state index is -3.77. The Hall–Kier alpha value is -1.52. The lowest BCUT2D eigenvalue weighted by Gasteiger charge is -2.26. The number of carbonyl (C=O) groups is 1. The number of nitrogens with one attached hydrogen (secondary N) is 1. The molecule has 2 aliphatic rings. The molecule has 9 heteroatoms. The third-order valence-electron chi connectivity index (χ3n) is 4.22. The van der Waals surface area contributed by atoms with Gasteiger partial charge in [-0.25, -0.2) is 8.42 Å². The molecular formula is C15H21N3O5S. The Morgan fingerprint density at radius 1 is 1.29 bits per heavy atom. The highest BCUT2D eigenvalue weighted by molar-refractivity contribution is 7.89. The summed E-state index contributed by atoms with van der Waals surface area (Å²) >= 11 is 0. The van der Waals surface area contributed by atoms with Crippen molar-refractivity contribution >= 4 is 21.6 Å². The Balaban J connectivity index is 1.56. The van der Waals surface area contributed by atoms with E-state index in [1.54, 1.807) is 13.1 Å². The molecule has 8 nitrogen and oxygen atoms in total. The zero-order chi connectivity index (χ0) is 17.2. The van der Waals surface area contributed by atoms with Gasteiger partial charge in [-0.15, -0.1) is 0 Å². The lowest BCUT2D eigenvalue weighted by Crippen LogP contribution is -2.39. The van der Waals surface area contributed by atoms with Gasteiger partial charge in [-0.05, 0) is 23.8 Å². The molecule has 0 spiro atoms. The Kier molecular flexibility index (Phi) is 5.16. The number of morpholine rings is 1. The molecule has 2 aliphatic heterocycles. The van der Waals surface area contributed by atoms with Gasteiger partial charge in [-0.3, -0.25) is 14.5 Å². The third-order valence-corrected chi connectivity index (χ3v) is 5.43. The first-order valence-electron chi connectivity index (χ1n) is 7.80. The third kappa shape index (κ3) is 3.76. The van der Waals surface area contributed by atoms with Crippen molar-refractivity contribution in [1.29, 1.82) is 0 Å². The maximum absolute atomic E-state index is 12.3. The molecule has 2 heterocycles. The molecule has 132 valence electrons. The van der Waals surface area contributed by atoms with Gasteiger partial charge in [0, 0.05) is 32.4 Å². The van der Waals surface area contributed by atoms with Gasteiger partial charge in [0.1, 0.15) is 0 Å². The summed E-state index contributed by atoms with van der Waals surface area (Å²) in [5, 5.41) is 0. The zero-order valence-electron chi connectivity index (χ0n) is 13.5. The van der Waals surface area contributed by atoms with E-state index in [-0.39, 0.29) is 23.8 Å². The first-order valence-corrected chi connectivity index (χ1v) is 9.29. The molecular weight excluding hydrogens is 334 g/mol. The number of fused-ring (bicyclic) bond motifs is 1. The summed E-state index contributed by atoms with van der Waals surface area (Å²) in [7, 11) is -2.09. The molecule has 0 aliphatic carbocycles. The molecule has 3 rings (SSSR count). The van der Waals surface area contributed by atoms with Crippen LogP contribution in [0.2, 0.25) is 0 Å². The molecule has 1 aromatic carbocycles. The van der Waals surface area contributed by atoms with E-state index in [4.69, 9.17) is 9.57 Å². The molecule has 1 N–H and O–H groups in total.